The molecule has 4 nitrogen and oxygen atoms in total. The monoisotopic (exact) mass is 170 g/mol. The summed E-state index contributed by atoms with van der Waals surface area (Å²) >= 11 is 0. The Hall–Kier alpha value is -0.770. The minimum absolute atomic E-state index is 0.0220. The molecule has 0 saturated carbocycles. The van der Waals surface area contributed by atoms with Gasteiger partial charge in [0.05, 0.1) is 5.54 Å². The first-order valence-electron chi connectivity index (χ1n) is 4.44. The highest BCUT2D eigenvalue weighted by atomic mass is 16.6. The van der Waals surface area contributed by atoms with Gasteiger partial charge in [0.2, 0.25) is 0 Å². The first kappa shape index (κ1) is 7.86. The van der Waals surface area contributed by atoms with Gasteiger partial charge >= 0.3 is 6.09 Å². The van der Waals surface area contributed by atoms with Crippen LogP contribution in [-0.2, 0) is 4.74 Å². The minimum Gasteiger partial charge on any atom is -0.447 e. The summed E-state index contributed by atoms with van der Waals surface area (Å²) in [6.45, 7) is 5.18. The number of nitrogens with one attached hydrogen (secondary N) is 1. The highest BCUT2D eigenvalue weighted by molar-refractivity contribution is 5.71. The maximum absolute atomic E-state index is 11.2. The summed E-state index contributed by atoms with van der Waals surface area (Å²) in [6, 6.07) is 0. The fraction of sp³-hybridized carbons (Fsp3) is 0.875. The molecular formula is C8H14N2O2. The van der Waals surface area contributed by atoms with E-state index in [0.717, 1.165) is 26.1 Å². The number of hydrogen-bond acceptors (Lipinski definition) is 3. The second-order valence-corrected chi connectivity index (χ2v) is 3.45. The Kier molecular flexibility index (Phi) is 1.72. The molecule has 1 atom stereocenters. The standard InChI is InChI=1S/C8H14N2O2/c1-2-10-7(11)12-6-8(10)3-4-9-5-8/h9H,2-6H2,1H3. The molecule has 1 amide bonds. The molecule has 2 aliphatic heterocycles. The molecule has 2 saturated heterocycles. The van der Waals surface area contributed by atoms with Crippen molar-refractivity contribution in [2.45, 2.75) is 18.9 Å². The average Bonchev–Trinajstić information content (AvgIpc) is 2.63. The SMILES string of the molecule is CCN1C(=O)OCC12CCNC2. The van der Waals surface area contributed by atoms with Crippen LogP contribution in [0.1, 0.15) is 13.3 Å². The minimum atomic E-state index is -0.152. The smallest absolute Gasteiger partial charge is 0.410 e. The molecule has 2 heterocycles. The van der Waals surface area contributed by atoms with E-state index >= 15 is 0 Å². The topological polar surface area (TPSA) is 41.6 Å². The van der Waals surface area contributed by atoms with E-state index in [1.165, 1.54) is 0 Å². The second-order valence-electron chi connectivity index (χ2n) is 3.45. The van der Waals surface area contributed by atoms with Crippen molar-refractivity contribution in [3.63, 3.8) is 0 Å². The van der Waals surface area contributed by atoms with Crippen LogP contribution in [-0.4, -0.2) is 42.8 Å². The van der Waals surface area contributed by atoms with Crippen LogP contribution in [0.15, 0.2) is 0 Å². The third-order valence-corrected chi connectivity index (χ3v) is 2.79. The zero-order valence-corrected chi connectivity index (χ0v) is 7.30. The first-order valence-corrected chi connectivity index (χ1v) is 4.44. The lowest BCUT2D eigenvalue weighted by Crippen LogP contribution is -2.48. The van der Waals surface area contributed by atoms with E-state index < -0.39 is 0 Å². The predicted octanol–water partition coefficient (Wildman–Crippen LogP) is 0.191. The summed E-state index contributed by atoms with van der Waals surface area (Å²) in [5.41, 5.74) is -0.0220. The molecule has 0 radical (unpaired) electrons. The summed E-state index contributed by atoms with van der Waals surface area (Å²) in [5.74, 6) is 0. The number of rotatable bonds is 1. The van der Waals surface area contributed by atoms with Gasteiger partial charge in [-0.05, 0) is 19.9 Å². The molecule has 0 aromatic carbocycles. The van der Waals surface area contributed by atoms with E-state index in [4.69, 9.17) is 4.74 Å². The molecule has 0 aromatic rings. The molecule has 0 aromatic heterocycles. The Bertz CT molecular complexity index is 199. The van der Waals surface area contributed by atoms with Gasteiger partial charge in [0.1, 0.15) is 6.61 Å². The molecule has 2 aliphatic rings. The van der Waals surface area contributed by atoms with Crippen molar-refractivity contribution in [3.8, 4) is 0 Å². The van der Waals surface area contributed by atoms with E-state index in [1.54, 1.807) is 0 Å². The molecule has 0 aliphatic carbocycles. The predicted molar refractivity (Wildman–Crippen MR) is 43.9 cm³/mol. The van der Waals surface area contributed by atoms with Crippen molar-refractivity contribution >= 4 is 6.09 Å². The third-order valence-electron chi connectivity index (χ3n) is 2.79. The van der Waals surface area contributed by atoms with Gasteiger partial charge in [-0.1, -0.05) is 0 Å². The maximum Gasteiger partial charge on any atom is 0.410 e. The van der Waals surface area contributed by atoms with Gasteiger partial charge in [0, 0.05) is 13.1 Å². The Morgan fingerprint density at radius 2 is 2.58 bits per heavy atom. The Balaban J connectivity index is 2.19. The van der Waals surface area contributed by atoms with Gasteiger partial charge in [-0.2, -0.15) is 0 Å². The third kappa shape index (κ3) is 0.909. The normalized spacial score (nSPS) is 34.8. The van der Waals surface area contributed by atoms with Crippen LogP contribution >= 0.6 is 0 Å². The van der Waals surface area contributed by atoms with Gasteiger partial charge in [0.15, 0.2) is 0 Å². The summed E-state index contributed by atoms with van der Waals surface area (Å²) in [7, 11) is 0. The van der Waals surface area contributed by atoms with E-state index in [1.807, 2.05) is 11.8 Å². The Morgan fingerprint density at radius 3 is 3.17 bits per heavy atom. The molecule has 68 valence electrons. The molecule has 1 spiro atoms. The lowest BCUT2D eigenvalue weighted by molar-refractivity contribution is 0.156. The highest BCUT2D eigenvalue weighted by Crippen LogP contribution is 2.29. The van der Waals surface area contributed by atoms with E-state index in [0.29, 0.717) is 6.61 Å². The Morgan fingerprint density at radius 1 is 1.75 bits per heavy atom. The van der Waals surface area contributed by atoms with Gasteiger partial charge in [0.25, 0.3) is 0 Å². The zero-order chi connectivity index (χ0) is 8.60. The van der Waals surface area contributed by atoms with Gasteiger partial charge in [-0.25, -0.2) is 4.79 Å². The van der Waals surface area contributed by atoms with Crippen molar-refractivity contribution in [2.75, 3.05) is 26.2 Å². The highest BCUT2D eigenvalue weighted by Gasteiger charge is 2.48. The molecular weight excluding hydrogens is 156 g/mol. The van der Waals surface area contributed by atoms with Crippen LogP contribution in [0.4, 0.5) is 4.79 Å². The number of ether oxygens (including phenoxy) is 1. The fourth-order valence-corrected chi connectivity index (χ4v) is 2.09. The Labute approximate surface area is 71.9 Å². The lowest BCUT2D eigenvalue weighted by atomic mass is 9.99. The van der Waals surface area contributed by atoms with Gasteiger partial charge in [-0.3, -0.25) is 4.90 Å². The number of amides is 1. The van der Waals surface area contributed by atoms with Crippen LogP contribution in [0.25, 0.3) is 0 Å². The van der Waals surface area contributed by atoms with Crippen molar-refractivity contribution in [1.82, 2.24) is 10.2 Å². The molecule has 12 heavy (non-hydrogen) atoms. The number of nitrogens with zero attached hydrogens (tertiary/aromatic N) is 1. The number of carbonyl (C=O) groups excluding carboxylic acids is 1. The molecule has 0 bridgehead atoms. The molecule has 2 rings (SSSR count). The van der Waals surface area contributed by atoms with E-state index in [-0.39, 0.29) is 11.6 Å². The van der Waals surface area contributed by atoms with Crippen LogP contribution in [0.3, 0.4) is 0 Å². The molecule has 2 fully saturated rings. The molecule has 4 heteroatoms. The largest absolute Gasteiger partial charge is 0.447 e. The van der Waals surface area contributed by atoms with Crippen molar-refractivity contribution < 1.29 is 9.53 Å². The summed E-state index contributed by atoms with van der Waals surface area (Å²) in [4.78, 5) is 13.1. The number of cyclic esters (lactones) is 1. The number of hydrogen-bond donors (Lipinski definition) is 1. The second kappa shape index (κ2) is 2.62. The van der Waals surface area contributed by atoms with Crippen LogP contribution in [0, 0.1) is 0 Å². The summed E-state index contributed by atoms with van der Waals surface area (Å²) in [6.07, 6.45) is 0.869. The summed E-state index contributed by atoms with van der Waals surface area (Å²) in [5, 5.41) is 3.27. The van der Waals surface area contributed by atoms with Crippen LogP contribution in [0.5, 0.6) is 0 Å². The van der Waals surface area contributed by atoms with Gasteiger partial charge < -0.3 is 10.1 Å². The summed E-state index contributed by atoms with van der Waals surface area (Å²) < 4.78 is 5.04. The quantitative estimate of drug-likeness (QED) is 0.611. The maximum atomic E-state index is 11.2. The van der Waals surface area contributed by atoms with Gasteiger partial charge in [-0.15, -0.1) is 0 Å². The average molecular weight is 170 g/mol. The van der Waals surface area contributed by atoms with Crippen LogP contribution < -0.4 is 5.32 Å². The fourth-order valence-electron chi connectivity index (χ4n) is 2.09. The van der Waals surface area contributed by atoms with E-state index in [9.17, 15) is 4.79 Å². The molecule has 1 N–H and O–H groups in total. The van der Waals surface area contributed by atoms with Crippen molar-refractivity contribution in [2.24, 2.45) is 0 Å². The lowest BCUT2D eigenvalue weighted by Gasteiger charge is -2.29. The van der Waals surface area contributed by atoms with E-state index in [2.05, 4.69) is 5.32 Å². The number of likely N-dealkylation sites (N-methyl/N-ethyl adjacent to an activating group) is 1. The van der Waals surface area contributed by atoms with Crippen molar-refractivity contribution in [1.29, 1.82) is 0 Å². The van der Waals surface area contributed by atoms with Crippen molar-refractivity contribution in [3.05, 3.63) is 0 Å². The van der Waals surface area contributed by atoms with Crippen LogP contribution in [0.2, 0.25) is 0 Å². The number of carbonyl (C=O) groups is 1. The zero-order valence-electron chi connectivity index (χ0n) is 7.30. The first-order chi connectivity index (χ1) is 5.78. The molecule has 1 unspecified atom stereocenters.